The SMILES string of the molecule is OCC1OC2CC(O)/C=C/C(O)CC2O1. The molecule has 0 aromatic rings. The van der Waals surface area contributed by atoms with E-state index in [9.17, 15) is 10.2 Å². The molecule has 86 valence electrons. The van der Waals surface area contributed by atoms with E-state index in [0.717, 1.165) is 0 Å². The van der Waals surface area contributed by atoms with Crippen LogP contribution in [-0.2, 0) is 9.47 Å². The van der Waals surface area contributed by atoms with E-state index >= 15 is 0 Å². The zero-order valence-corrected chi connectivity index (χ0v) is 8.32. The average Bonchev–Trinajstić information content (AvgIpc) is 2.56. The van der Waals surface area contributed by atoms with Crippen LogP contribution in [0, 0.1) is 0 Å². The van der Waals surface area contributed by atoms with Crippen LogP contribution >= 0.6 is 0 Å². The molecule has 0 aromatic heterocycles. The van der Waals surface area contributed by atoms with E-state index in [1.165, 1.54) is 0 Å². The smallest absolute Gasteiger partial charge is 0.181 e. The lowest BCUT2D eigenvalue weighted by Gasteiger charge is -2.22. The van der Waals surface area contributed by atoms with Crippen molar-refractivity contribution in [2.75, 3.05) is 6.61 Å². The molecule has 0 bridgehead atoms. The van der Waals surface area contributed by atoms with Crippen molar-refractivity contribution in [1.82, 2.24) is 0 Å². The molecule has 5 heteroatoms. The van der Waals surface area contributed by atoms with Gasteiger partial charge in [-0.05, 0) is 0 Å². The van der Waals surface area contributed by atoms with Crippen molar-refractivity contribution < 1.29 is 24.8 Å². The molecule has 1 fully saturated rings. The molecule has 1 saturated heterocycles. The molecule has 2 rings (SSSR count). The normalized spacial score (nSPS) is 48.1. The molecule has 0 radical (unpaired) electrons. The van der Waals surface area contributed by atoms with Crippen molar-refractivity contribution in [3.05, 3.63) is 12.2 Å². The highest BCUT2D eigenvalue weighted by Crippen LogP contribution is 2.27. The first-order valence-corrected chi connectivity index (χ1v) is 5.15. The molecule has 0 saturated carbocycles. The van der Waals surface area contributed by atoms with Crippen molar-refractivity contribution in [3.63, 3.8) is 0 Å². The quantitative estimate of drug-likeness (QED) is 0.498. The lowest BCUT2D eigenvalue weighted by Crippen LogP contribution is -2.31. The highest BCUT2D eigenvalue weighted by Gasteiger charge is 2.38. The van der Waals surface area contributed by atoms with Crippen molar-refractivity contribution in [1.29, 1.82) is 0 Å². The fourth-order valence-corrected chi connectivity index (χ4v) is 1.99. The first kappa shape index (κ1) is 11.0. The number of hydrogen-bond acceptors (Lipinski definition) is 5. The summed E-state index contributed by atoms with van der Waals surface area (Å²) in [6.45, 7) is -0.202. The van der Waals surface area contributed by atoms with Gasteiger partial charge in [0.15, 0.2) is 6.29 Å². The Morgan fingerprint density at radius 1 is 1.00 bits per heavy atom. The van der Waals surface area contributed by atoms with Crippen molar-refractivity contribution in [3.8, 4) is 0 Å². The Balaban J connectivity index is 2.05. The third-order valence-corrected chi connectivity index (χ3v) is 2.72. The summed E-state index contributed by atoms with van der Waals surface area (Å²) in [5, 5.41) is 28.0. The Hall–Kier alpha value is -0.460. The van der Waals surface area contributed by atoms with Gasteiger partial charge in [0.1, 0.15) is 0 Å². The first-order valence-electron chi connectivity index (χ1n) is 5.15. The van der Waals surface area contributed by atoms with Gasteiger partial charge in [-0.2, -0.15) is 0 Å². The van der Waals surface area contributed by atoms with Gasteiger partial charge in [-0.3, -0.25) is 0 Å². The second kappa shape index (κ2) is 4.59. The Bertz CT molecular complexity index is 220. The second-order valence-electron chi connectivity index (χ2n) is 3.95. The van der Waals surface area contributed by atoms with Crippen LogP contribution < -0.4 is 0 Å². The molecule has 0 aromatic carbocycles. The number of fused-ring (bicyclic) bond motifs is 1. The number of rotatable bonds is 1. The van der Waals surface area contributed by atoms with Gasteiger partial charge in [0, 0.05) is 12.8 Å². The maximum Gasteiger partial charge on any atom is 0.181 e. The largest absolute Gasteiger partial charge is 0.391 e. The van der Waals surface area contributed by atoms with Crippen LogP contribution in [0.25, 0.3) is 0 Å². The van der Waals surface area contributed by atoms with E-state index in [1.807, 2.05) is 0 Å². The van der Waals surface area contributed by atoms with Gasteiger partial charge in [0.25, 0.3) is 0 Å². The Labute approximate surface area is 87.9 Å². The van der Waals surface area contributed by atoms with E-state index in [1.54, 1.807) is 12.2 Å². The number of hydrogen-bond donors (Lipinski definition) is 3. The van der Waals surface area contributed by atoms with Gasteiger partial charge in [0.2, 0.25) is 0 Å². The summed E-state index contributed by atoms with van der Waals surface area (Å²) in [7, 11) is 0. The summed E-state index contributed by atoms with van der Waals surface area (Å²) in [6, 6.07) is 0. The van der Waals surface area contributed by atoms with Crippen molar-refractivity contribution in [2.24, 2.45) is 0 Å². The third-order valence-electron chi connectivity index (χ3n) is 2.72. The topological polar surface area (TPSA) is 79.2 Å². The third kappa shape index (κ3) is 2.56. The van der Waals surface area contributed by atoms with Crippen LogP contribution in [0.5, 0.6) is 0 Å². The molecular formula is C10H16O5. The van der Waals surface area contributed by atoms with E-state index in [-0.39, 0.29) is 18.8 Å². The lowest BCUT2D eigenvalue weighted by atomic mass is 9.97. The van der Waals surface area contributed by atoms with Gasteiger partial charge in [-0.15, -0.1) is 0 Å². The fraction of sp³-hybridized carbons (Fsp3) is 0.800. The molecular weight excluding hydrogens is 200 g/mol. The van der Waals surface area contributed by atoms with Crippen molar-refractivity contribution >= 4 is 0 Å². The minimum absolute atomic E-state index is 0.202. The number of aliphatic hydroxyl groups is 3. The maximum atomic E-state index is 9.54. The summed E-state index contributed by atoms with van der Waals surface area (Å²) >= 11 is 0. The molecule has 3 N–H and O–H groups in total. The van der Waals surface area contributed by atoms with Crippen molar-refractivity contribution in [2.45, 2.75) is 43.5 Å². The molecule has 2 aliphatic rings. The van der Waals surface area contributed by atoms with Crippen LogP contribution in [0.2, 0.25) is 0 Å². The monoisotopic (exact) mass is 216 g/mol. The fourth-order valence-electron chi connectivity index (χ4n) is 1.99. The van der Waals surface area contributed by atoms with Gasteiger partial charge < -0.3 is 24.8 Å². The molecule has 1 aliphatic carbocycles. The maximum absolute atomic E-state index is 9.54. The van der Waals surface area contributed by atoms with Gasteiger partial charge >= 0.3 is 0 Å². The zero-order chi connectivity index (χ0) is 10.8. The molecule has 0 amide bonds. The molecule has 5 nitrogen and oxygen atoms in total. The van der Waals surface area contributed by atoms with Crippen LogP contribution in [-0.4, -0.2) is 52.6 Å². The standard InChI is InChI=1S/C10H16O5/c11-5-10-14-8-3-6(12)1-2-7(13)4-9(8)15-10/h1-2,6-13H,3-5H2/b2-1+. The predicted molar refractivity (Wildman–Crippen MR) is 51.0 cm³/mol. The molecule has 1 heterocycles. The summed E-state index contributed by atoms with van der Waals surface area (Å²) in [4.78, 5) is 0. The minimum Gasteiger partial charge on any atom is -0.391 e. The van der Waals surface area contributed by atoms with Crippen LogP contribution in [0.15, 0.2) is 12.2 Å². The van der Waals surface area contributed by atoms with Gasteiger partial charge in [-0.25, -0.2) is 0 Å². The van der Waals surface area contributed by atoms with E-state index in [2.05, 4.69) is 0 Å². The molecule has 15 heavy (non-hydrogen) atoms. The average molecular weight is 216 g/mol. The summed E-state index contributed by atoms with van der Waals surface area (Å²) in [5.74, 6) is 0. The molecule has 4 atom stereocenters. The molecule has 1 aliphatic heterocycles. The number of aliphatic hydroxyl groups excluding tert-OH is 3. The predicted octanol–water partition coefficient (Wildman–Crippen LogP) is -0.839. The first-order chi connectivity index (χ1) is 7.19. The van der Waals surface area contributed by atoms with Gasteiger partial charge in [0.05, 0.1) is 31.0 Å². The van der Waals surface area contributed by atoms with Crippen LogP contribution in [0.3, 0.4) is 0 Å². The Morgan fingerprint density at radius 3 is 1.87 bits per heavy atom. The highest BCUT2D eigenvalue weighted by atomic mass is 16.7. The summed E-state index contributed by atoms with van der Waals surface area (Å²) < 4.78 is 10.8. The highest BCUT2D eigenvalue weighted by molar-refractivity contribution is 5.00. The van der Waals surface area contributed by atoms with E-state index in [4.69, 9.17) is 14.6 Å². The number of ether oxygens (including phenoxy) is 2. The van der Waals surface area contributed by atoms with Crippen LogP contribution in [0.1, 0.15) is 12.8 Å². The zero-order valence-electron chi connectivity index (χ0n) is 8.32. The van der Waals surface area contributed by atoms with Crippen LogP contribution in [0.4, 0.5) is 0 Å². The molecule has 0 spiro atoms. The Kier molecular flexibility index (Phi) is 3.38. The van der Waals surface area contributed by atoms with E-state index < -0.39 is 18.5 Å². The van der Waals surface area contributed by atoms with Gasteiger partial charge in [-0.1, -0.05) is 12.2 Å². The second-order valence-corrected chi connectivity index (χ2v) is 3.95. The van der Waals surface area contributed by atoms with E-state index in [0.29, 0.717) is 12.8 Å². The minimum atomic E-state index is -0.631. The summed E-state index contributed by atoms with van der Waals surface area (Å²) in [5.41, 5.74) is 0. The lowest BCUT2D eigenvalue weighted by molar-refractivity contribution is -0.0985. The summed E-state index contributed by atoms with van der Waals surface area (Å²) in [6.07, 6.45) is 1.61. The Morgan fingerprint density at radius 2 is 1.47 bits per heavy atom. The molecule has 4 unspecified atom stereocenters.